The lowest BCUT2D eigenvalue weighted by atomic mass is 9.96. The molecule has 1 atom stereocenters. The molecule has 168 valence electrons. The Balaban J connectivity index is 1.85. The Labute approximate surface area is 180 Å². The molecule has 0 saturated carbocycles. The van der Waals surface area contributed by atoms with Gasteiger partial charge in [-0.2, -0.15) is 0 Å². The largest absolute Gasteiger partial charge is 0.480 e. The van der Waals surface area contributed by atoms with Crippen LogP contribution in [0.15, 0.2) is 24.3 Å². The number of nitrogens with one attached hydrogen (secondary N) is 2. The van der Waals surface area contributed by atoms with Crippen molar-refractivity contribution in [3.63, 3.8) is 0 Å². The molecule has 1 aromatic carbocycles. The van der Waals surface area contributed by atoms with Crippen LogP contribution in [0.5, 0.6) is 0 Å². The molecule has 1 heterocycles. The zero-order valence-corrected chi connectivity index (χ0v) is 17.6. The normalized spacial score (nSPS) is 15.1. The van der Waals surface area contributed by atoms with Crippen molar-refractivity contribution in [1.82, 2.24) is 10.2 Å². The average molecular weight is 433 g/mol. The summed E-state index contributed by atoms with van der Waals surface area (Å²) in [5.41, 5.74) is 0.828. The number of amidine groups is 1. The molecule has 0 spiro atoms. The zero-order valence-electron chi connectivity index (χ0n) is 17.6. The van der Waals surface area contributed by atoms with E-state index in [2.05, 4.69) is 10.1 Å². The maximum Gasteiger partial charge on any atom is 0.412 e. The van der Waals surface area contributed by atoms with Crippen molar-refractivity contribution in [1.29, 1.82) is 5.41 Å². The summed E-state index contributed by atoms with van der Waals surface area (Å²) >= 11 is 0. The fourth-order valence-electron chi connectivity index (χ4n) is 3.27. The molecule has 0 bridgehead atoms. The number of carboxylic acids is 1. The molecule has 2 amide bonds. The van der Waals surface area contributed by atoms with Crippen LogP contribution < -0.4 is 5.32 Å². The second-order valence-corrected chi connectivity index (χ2v) is 7.33. The molecule has 3 N–H and O–H groups in total. The molecule has 0 aliphatic carbocycles. The van der Waals surface area contributed by atoms with E-state index in [-0.39, 0.29) is 36.7 Å². The number of alkyl carbamates (subject to hydrolysis) is 1. The van der Waals surface area contributed by atoms with Gasteiger partial charge in [0.2, 0.25) is 5.91 Å². The maximum absolute atomic E-state index is 12.7. The highest BCUT2D eigenvalue weighted by molar-refractivity contribution is 6.05. The first kappa shape index (κ1) is 24.0. The molecule has 1 aliphatic rings. The summed E-state index contributed by atoms with van der Waals surface area (Å²) in [7, 11) is 1.20. The summed E-state index contributed by atoms with van der Waals surface area (Å²) in [6.07, 6.45) is 0.239. The van der Waals surface area contributed by atoms with Crippen molar-refractivity contribution < 1.29 is 33.8 Å². The molecule has 10 heteroatoms. The van der Waals surface area contributed by atoms with Gasteiger partial charge in [0.1, 0.15) is 12.4 Å². The molecule has 1 aromatic rings. The first-order chi connectivity index (χ1) is 14.7. The minimum atomic E-state index is -1.02. The molecule has 2 rings (SSSR count). The van der Waals surface area contributed by atoms with Crippen LogP contribution in [0.4, 0.5) is 4.79 Å². The number of hydrogen-bond donors (Lipinski definition) is 3. The second-order valence-electron chi connectivity index (χ2n) is 7.33. The highest BCUT2D eigenvalue weighted by atomic mass is 16.5. The van der Waals surface area contributed by atoms with Gasteiger partial charge in [0, 0.05) is 36.6 Å². The fourth-order valence-corrected chi connectivity index (χ4v) is 3.27. The lowest BCUT2D eigenvalue weighted by Crippen LogP contribution is -2.43. The number of piperidine rings is 1. The van der Waals surface area contributed by atoms with Crippen molar-refractivity contribution in [2.24, 2.45) is 5.92 Å². The average Bonchev–Trinajstić information content (AvgIpc) is 2.77. The van der Waals surface area contributed by atoms with E-state index in [1.807, 2.05) is 0 Å². The van der Waals surface area contributed by atoms with Gasteiger partial charge in [0.25, 0.3) is 0 Å². The van der Waals surface area contributed by atoms with Crippen molar-refractivity contribution in [3.8, 4) is 0 Å². The monoisotopic (exact) mass is 433 g/mol. The number of methoxy groups -OCH3 is 1. The van der Waals surface area contributed by atoms with Gasteiger partial charge < -0.3 is 19.5 Å². The van der Waals surface area contributed by atoms with Crippen molar-refractivity contribution in [2.45, 2.75) is 32.3 Å². The highest BCUT2D eigenvalue weighted by Crippen LogP contribution is 2.19. The summed E-state index contributed by atoms with van der Waals surface area (Å²) in [4.78, 5) is 48.7. The third-order valence-corrected chi connectivity index (χ3v) is 5.02. The molecular formula is C21H27N3O7. The lowest BCUT2D eigenvalue weighted by molar-refractivity contribution is -0.147. The number of carboxylic acid groups (broad SMARTS) is 1. The van der Waals surface area contributed by atoms with E-state index < -0.39 is 18.0 Å². The molecule has 31 heavy (non-hydrogen) atoms. The lowest BCUT2D eigenvalue weighted by Gasteiger charge is -2.33. The first-order valence-electron chi connectivity index (χ1n) is 9.90. The number of ketones is 1. The SMILES string of the molecule is COC(=O)NC(=N)c1ccc(C(=O)C[C@@H](C)C(=O)N2CCC(OCC(=O)O)CC2)cc1. The Morgan fingerprint density at radius 2 is 1.74 bits per heavy atom. The van der Waals surface area contributed by atoms with E-state index in [1.54, 1.807) is 36.1 Å². The zero-order chi connectivity index (χ0) is 23.0. The van der Waals surface area contributed by atoms with Crippen LogP contribution in [-0.2, 0) is 19.1 Å². The van der Waals surface area contributed by atoms with E-state index in [0.717, 1.165) is 0 Å². The Morgan fingerprint density at radius 3 is 2.29 bits per heavy atom. The number of rotatable bonds is 8. The fraction of sp³-hybridized carbons (Fsp3) is 0.476. The van der Waals surface area contributed by atoms with Crippen LogP contribution in [0.1, 0.15) is 42.1 Å². The molecule has 1 saturated heterocycles. The smallest absolute Gasteiger partial charge is 0.412 e. The van der Waals surface area contributed by atoms with Crippen LogP contribution in [0, 0.1) is 11.3 Å². The number of amides is 2. The summed E-state index contributed by atoms with van der Waals surface area (Å²) < 4.78 is 9.71. The van der Waals surface area contributed by atoms with E-state index >= 15 is 0 Å². The second kappa shape index (κ2) is 11.2. The van der Waals surface area contributed by atoms with Crippen LogP contribution in [0.25, 0.3) is 0 Å². The maximum atomic E-state index is 12.7. The van der Waals surface area contributed by atoms with Crippen LogP contribution in [0.3, 0.4) is 0 Å². The number of aliphatic carboxylic acids is 1. The highest BCUT2D eigenvalue weighted by Gasteiger charge is 2.28. The van der Waals surface area contributed by atoms with E-state index in [1.165, 1.54) is 7.11 Å². The minimum absolute atomic E-state index is 0.0471. The molecular weight excluding hydrogens is 406 g/mol. The summed E-state index contributed by atoms with van der Waals surface area (Å²) in [5.74, 6) is -1.98. The quantitative estimate of drug-likeness (QED) is 0.321. The van der Waals surface area contributed by atoms with E-state index in [4.69, 9.17) is 15.3 Å². The molecule has 1 fully saturated rings. The van der Waals surface area contributed by atoms with Crippen LogP contribution >= 0.6 is 0 Å². The summed E-state index contributed by atoms with van der Waals surface area (Å²) in [5, 5.41) is 18.7. The van der Waals surface area contributed by atoms with Crippen molar-refractivity contribution in [2.75, 3.05) is 26.8 Å². The first-order valence-corrected chi connectivity index (χ1v) is 9.90. The molecule has 1 aliphatic heterocycles. The van der Waals surface area contributed by atoms with Crippen molar-refractivity contribution in [3.05, 3.63) is 35.4 Å². The van der Waals surface area contributed by atoms with Crippen LogP contribution in [0.2, 0.25) is 0 Å². The van der Waals surface area contributed by atoms with Gasteiger partial charge in [-0.05, 0) is 12.8 Å². The number of benzene rings is 1. The molecule has 10 nitrogen and oxygen atoms in total. The Morgan fingerprint density at radius 1 is 1.16 bits per heavy atom. The van der Waals surface area contributed by atoms with Gasteiger partial charge in [-0.1, -0.05) is 31.2 Å². The number of carbonyl (C=O) groups is 4. The van der Waals surface area contributed by atoms with Crippen molar-refractivity contribution >= 4 is 29.6 Å². The third-order valence-electron chi connectivity index (χ3n) is 5.02. The molecule has 0 unspecified atom stereocenters. The summed E-state index contributed by atoms with van der Waals surface area (Å²) in [6.45, 7) is 2.29. The topological polar surface area (TPSA) is 146 Å². The Hall–Kier alpha value is -3.27. The van der Waals surface area contributed by atoms with Gasteiger partial charge >= 0.3 is 12.1 Å². The Kier molecular flexibility index (Phi) is 8.68. The number of hydrogen-bond acceptors (Lipinski definition) is 7. The molecule has 0 aromatic heterocycles. The predicted octanol–water partition coefficient (Wildman–Crippen LogP) is 1.67. The van der Waals surface area contributed by atoms with E-state index in [9.17, 15) is 19.2 Å². The standard InChI is InChI=1S/C21H27N3O7/c1-13(20(28)24-9-7-16(8-10-24)31-12-18(26)27)11-17(25)14-3-5-15(6-4-14)19(22)23-21(29)30-2/h3-6,13,16H,7-12H2,1-2H3,(H,26,27)(H2,22,23,29)/t13-/m1/s1. The number of Topliss-reactive ketones (excluding diaryl/α,β-unsaturated/α-hetero) is 1. The number of ether oxygens (including phenoxy) is 2. The predicted molar refractivity (Wildman–Crippen MR) is 110 cm³/mol. The third kappa shape index (κ3) is 7.18. The summed E-state index contributed by atoms with van der Waals surface area (Å²) in [6, 6.07) is 6.18. The number of likely N-dealkylation sites (tertiary alicyclic amines) is 1. The van der Waals surface area contributed by atoms with Crippen LogP contribution in [-0.4, -0.2) is 72.5 Å². The minimum Gasteiger partial charge on any atom is -0.480 e. The number of carbonyl (C=O) groups excluding carboxylic acids is 3. The van der Waals surface area contributed by atoms with Gasteiger partial charge in [-0.3, -0.25) is 20.3 Å². The Bertz CT molecular complexity index is 830. The van der Waals surface area contributed by atoms with E-state index in [0.29, 0.717) is 37.1 Å². The van der Waals surface area contributed by atoms with Gasteiger partial charge in [-0.25, -0.2) is 9.59 Å². The molecule has 0 radical (unpaired) electrons. The van der Waals surface area contributed by atoms with Gasteiger partial charge in [0.05, 0.1) is 13.2 Å². The van der Waals surface area contributed by atoms with Gasteiger partial charge in [-0.15, -0.1) is 0 Å². The van der Waals surface area contributed by atoms with Gasteiger partial charge in [0.15, 0.2) is 5.78 Å². The number of nitrogens with zero attached hydrogens (tertiary/aromatic N) is 1.